The topological polar surface area (TPSA) is 50.4 Å². The van der Waals surface area contributed by atoms with Gasteiger partial charge in [0, 0.05) is 18.3 Å². The van der Waals surface area contributed by atoms with Gasteiger partial charge < -0.3 is 10.1 Å². The zero-order chi connectivity index (χ0) is 19.1. The number of hydrogen-bond donors (Lipinski definition) is 2. The number of carbonyl (C=O) groups excluding carboxylic acids is 1. The highest BCUT2D eigenvalue weighted by atomic mass is 16.5. The van der Waals surface area contributed by atoms with E-state index in [9.17, 15) is 4.79 Å². The number of nitrogens with one attached hydrogen (secondary N) is 2. The van der Waals surface area contributed by atoms with E-state index in [1.54, 1.807) is 13.2 Å². The summed E-state index contributed by atoms with van der Waals surface area (Å²) in [6.45, 7) is 2.66. The van der Waals surface area contributed by atoms with Gasteiger partial charge in [-0.05, 0) is 30.2 Å². The van der Waals surface area contributed by atoms with Crippen molar-refractivity contribution in [2.24, 2.45) is 0 Å². The van der Waals surface area contributed by atoms with Crippen LogP contribution in [0, 0.1) is 6.92 Å². The molecule has 1 atom stereocenters. The standard InChI is InChI=1S/C23H24N2O2/c1-17-11-13-18(14-12-17)16-24-22(19-7-4-3-5-8-19)23(26)25-20-9-6-10-21(15-20)27-2/h3-15,22,24H,16H2,1-2H3,(H,25,26)/t22-/m1/s1. The van der Waals surface area contributed by atoms with Gasteiger partial charge in [-0.3, -0.25) is 10.1 Å². The molecule has 0 aliphatic heterocycles. The number of aryl methyl sites for hydroxylation is 1. The van der Waals surface area contributed by atoms with Gasteiger partial charge in [0.2, 0.25) is 5.91 Å². The molecule has 0 heterocycles. The van der Waals surface area contributed by atoms with Gasteiger partial charge >= 0.3 is 0 Å². The van der Waals surface area contributed by atoms with Crippen LogP contribution in [0.25, 0.3) is 0 Å². The van der Waals surface area contributed by atoms with E-state index in [0.717, 1.165) is 11.1 Å². The lowest BCUT2D eigenvalue weighted by Gasteiger charge is -2.19. The maximum Gasteiger partial charge on any atom is 0.246 e. The van der Waals surface area contributed by atoms with E-state index in [1.807, 2.05) is 48.5 Å². The first-order chi connectivity index (χ1) is 13.2. The van der Waals surface area contributed by atoms with Crippen LogP contribution >= 0.6 is 0 Å². The number of anilines is 1. The van der Waals surface area contributed by atoms with Gasteiger partial charge in [-0.2, -0.15) is 0 Å². The van der Waals surface area contributed by atoms with Gasteiger partial charge in [-0.15, -0.1) is 0 Å². The molecule has 0 unspecified atom stereocenters. The van der Waals surface area contributed by atoms with Crippen molar-refractivity contribution in [3.05, 3.63) is 95.6 Å². The van der Waals surface area contributed by atoms with Gasteiger partial charge in [0.15, 0.2) is 0 Å². The summed E-state index contributed by atoms with van der Waals surface area (Å²) in [7, 11) is 1.61. The molecule has 4 nitrogen and oxygen atoms in total. The normalized spacial score (nSPS) is 11.6. The Hall–Kier alpha value is -3.11. The summed E-state index contributed by atoms with van der Waals surface area (Å²) in [6, 6.07) is 24.9. The Kier molecular flexibility index (Phi) is 6.23. The molecule has 27 heavy (non-hydrogen) atoms. The average molecular weight is 360 g/mol. The van der Waals surface area contributed by atoms with Crippen molar-refractivity contribution in [1.82, 2.24) is 5.32 Å². The quantitative estimate of drug-likeness (QED) is 0.653. The smallest absolute Gasteiger partial charge is 0.246 e. The molecule has 0 radical (unpaired) electrons. The molecule has 0 aliphatic carbocycles. The summed E-state index contributed by atoms with van der Waals surface area (Å²) in [4.78, 5) is 13.0. The van der Waals surface area contributed by atoms with Gasteiger partial charge in [0.1, 0.15) is 11.8 Å². The van der Waals surface area contributed by atoms with E-state index in [4.69, 9.17) is 4.74 Å². The first-order valence-corrected chi connectivity index (χ1v) is 8.94. The molecule has 3 rings (SSSR count). The summed E-state index contributed by atoms with van der Waals surface area (Å²) in [5.74, 6) is 0.596. The fourth-order valence-corrected chi connectivity index (χ4v) is 2.85. The van der Waals surface area contributed by atoms with E-state index in [-0.39, 0.29) is 5.91 Å². The van der Waals surface area contributed by atoms with Crippen molar-refractivity contribution in [3.63, 3.8) is 0 Å². The molecule has 0 fully saturated rings. The van der Waals surface area contributed by atoms with Crippen molar-refractivity contribution in [1.29, 1.82) is 0 Å². The lowest BCUT2D eigenvalue weighted by Crippen LogP contribution is -2.32. The molecule has 0 aliphatic rings. The average Bonchev–Trinajstić information content (AvgIpc) is 2.70. The Bertz CT molecular complexity index is 876. The van der Waals surface area contributed by atoms with E-state index >= 15 is 0 Å². The first-order valence-electron chi connectivity index (χ1n) is 8.94. The number of hydrogen-bond acceptors (Lipinski definition) is 3. The van der Waals surface area contributed by atoms with Crippen LogP contribution in [0.2, 0.25) is 0 Å². The van der Waals surface area contributed by atoms with E-state index in [2.05, 4.69) is 41.8 Å². The van der Waals surface area contributed by atoms with Crippen molar-refractivity contribution in [2.75, 3.05) is 12.4 Å². The third-order valence-electron chi connectivity index (χ3n) is 4.36. The molecule has 1 amide bonds. The van der Waals surface area contributed by atoms with Crippen LogP contribution in [-0.2, 0) is 11.3 Å². The summed E-state index contributed by atoms with van der Waals surface area (Å²) in [5.41, 5.74) is 3.98. The molecule has 0 saturated heterocycles. The number of benzene rings is 3. The maximum atomic E-state index is 13.0. The maximum absolute atomic E-state index is 13.0. The Morgan fingerprint density at radius 2 is 1.70 bits per heavy atom. The Labute approximate surface area is 160 Å². The second-order valence-corrected chi connectivity index (χ2v) is 6.43. The van der Waals surface area contributed by atoms with Crippen molar-refractivity contribution >= 4 is 11.6 Å². The Morgan fingerprint density at radius 3 is 2.41 bits per heavy atom. The largest absolute Gasteiger partial charge is 0.497 e. The van der Waals surface area contributed by atoms with Crippen LogP contribution in [0.5, 0.6) is 5.75 Å². The zero-order valence-electron chi connectivity index (χ0n) is 15.6. The fourth-order valence-electron chi connectivity index (χ4n) is 2.85. The van der Waals surface area contributed by atoms with Crippen LogP contribution in [0.15, 0.2) is 78.9 Å². The van der Waals surface area contributed by atoms with Crippen LogP contribution in [0.3, 0.4) is 0 Å². The molecule has 0 saturated carbocycles. The highest BCUT2D eigenvalue weighted by Gasteiger charge is 2.20. The lowest BCUT2D eigenvalue weighted by atomic mass is 10.1. The molecule has 3 aromatic rings. The molecule has 0 aromatic heterocycles. The van der Waals surface area contributed by atoms with Gasteiger partial charge in [-0.1, -0.05) is 66.2 Å². The van der Waals surface area contributed by atoms with Crippen LogP contribution in [0.1, 0.15) is 22.7 Å². The van der Waals surface area contributed by atoms with E-state index in [1.165, 1.54) is 5.56 Å². The molecule has 3 aromatic carbocycles. The number of rotatable bonds is 7. The predicted molar refractivity (Wildman–Crippen MR) is 109 cm³/mol. The third-order valence-corrected chi connectivity index (χ3v) is 4.36. The second-order valence-electron chi connectivity index (χ2n) is 6.43. The first kappa shape index (κ1) is 18.7. The van der Waals surface area contributed by atoms with Gasteiger partial charge in [0.05, 0.1) is 7.11 Å². The molecule has 0 bridgehead atoms. The molecular weight excluding hydrogens is 336 g/mol. The molecule has 138 valence electrons. The van der Waals surface area contributed by atoms with Crippen LogP contribution < -0.4 is 15.4 Å². The van der Waals surface area contributed by atoms with Crippen molar-refractivity contribution < 1.29 is 9.53 Å². The van der Waals surface area contributed by atoms with Crippen molar-refractivity contribution in [2.45, 2.75) is 19.5 Å². The van der Waals surface area contributed by atoms with Gasteiger partial charge in [-0.25, -0.2) is 0 Å². The second kappa shape index (κ2) is 9.01. The minimum atomic E-state index is -0.460. The van der Waals surface area contributed by atoms with E-state index < -0.39 is 6.04 Å². The molecular formula is C23H24N2O2. The molecule has 2 N–H and O–H groups in total. The SMILES string of the molecule is COc1cccc(NC(=O)[C@H](NCc2ccc(C)cc2)c2ccccc2)c1. The summed E-state index contributed by atoms with van der Waals surface area (Å²) < 4.78 is 5.23. The number of carbonyl (C=O) groups is 1. The lowest BCUT2D eigenvalue weighted by molar-refractivity contribution is -0.118. The number of ether oxygens (including phenoxy) is 1. The summed E-state index contributed by atoms with van der Waals surface area (Å²) in [5, 5.41) is 6.36. The predicted octanol–water partition coefficient (Wildman–Crippen LogP) is 4.47. The van der Waals surface area contributed by atoms with Gasteiger partial charge in [0.25, 0.3) is 0 Å². The minimum Gasteiger partial charge on any atom is -0.497 e. The Morgan fingerprint density at radius 1 is 0.963 bits per heavy atom. The van der Waals surface area contributed by atoms with Crippen molar-refractivity contribution in [3.8, 4) is 5.75 Å². The monoisotopic (exact) mass is 360 g/mol. The minimum absolute atomic E-state index is 0.110. The Balaban J connectivity index is 1.76. The highest BCUT2D eigenvalue weighted by Crippen LogP contribution is 2.20. The molecule has 0 spiro atoms. The molecule has 4 heteroatoms. The van der Waals surface area contributed by atoms with Crippen LogP contribution in [0.4, 0.5) is 5.69 Å². The third kappa shape index (κ3) is 5.19. The van der Waals surface area contributed by atoms with E-state index in [0.29, 0.717) is 18.0 Å². The zero-order valence-corrected chi connectivity index (χ0v) is 15.6. The highest BCUT2D eigenvalue weighted by molar-refractivity contribution is 5.95. The number of methoxy groups -OCH3 is 1. The summed E-state index contributed by atoms with van der Waals surface area (Å²) >= 11 is 0. The summed E-state index contributed by atoms with van der Waals surface area (Å²) in [6.07, 6.45) is 0. The fraction of sp³-hybridized carbons (Fsp3) is 0.174. The van der Waals surface area contributed by atoms with Crippen LogP contribution in [-0.4, -0.2) is 13.0 Å². The number of amides is 1.